The van der Waals surface area contributed by atoms with Gasteiger partial charge in [0.25, 0.3) is 0 Å². The molecule has 0 bridgehead atoms. The average molecular weight is 814 g/mol. The van der Waals surface area contributed by atoms with Crippen molar-refractivity contribution in [3.8, 4) is 0 Å². The Morgan fingerprint density at radius 1 is 0.224 bits per heavy atom. The highest BCUT2D eigenvalue weighted by atomic mass is 15.4. The lowest BCUT2D eigenvalue weighted by Gasteiger charge is -2.33. The molecule has 0 saturated carbocycles. The lowest BCUT2D eigenvalue weighted by Crippen LogP contribution is -2.39. The summed E-state index contributed by atoms with van der Waals surface area (Å²) in [6, 6.07) is 0. The van der Waals surface area contributed by atoms with Gasteiger partial charge in [-0.3, -0.25) is 0 Å². The van der Waals surface area contributed by atoms with Crippen LogP contribution in [-0.2, 0) is 0 Å². The number of unbranched alkanes of at least 4 members (excludes halogenated alkanes) is 44. The molecule has 2 nitrogen and oxygen atoms in total. The van der Waals surface area contributed by atoms with Gasteiger partial charge in [-0.2, -0.15) is 0 Å². The molecule has 1 rings (SSSR count). The highest BCUT2D eigenvalue weighted by molar-refractivity contribution is 4.97. The maximum Gasteiger partial charge on any atom is 0.101 e. The Morgan fingerprint density at radius 3 is 0.603 bits per heavy atom. The molecule has 1 aliphatic rings. The molecule has 1 atom stereocenters. The van der Waals surface area contributed by atoms with E-state index in [9.17, 15) is 0 Å². The second-order valence-corrected chi connectivity index (χ2v) is 19.6. The van der Waals surface area contributed by atoms with Gasteiger partial charge >= 0.3 is 0 Å². The average Bonchev–Trinajstić information content (AvgIpc) is 3.62. The van der Waals surface area contributed by atoms with Gasteiger partial charge in [0.1, 0.15) is 6.17 Å². The predicted octanol–water partition coefficient (Wildman–Crippen LogP) is 20.2. The van der Waals surface area contributed by atoms with E-state index in [-0.39, 0.29) is 0 Å². The molecule has 0 amide bonds. The van der Waals surface area contributed by atoms with Crippen molar-refractivity contribution >= 4 is 0 Å². The molecule has 0 fully saturated rings. The number of rotatable bonds is 50. The Morgan fingerprint density at radius 2 is 0.397 bits per heavy atom. The Balaban J connectivity index is 2.19. The van der Waals surface area contributed by atoms with Gasteiger partial charge in [0.2, 0.25) is 0 Å². The van der Waals surface area contributed by atoms with E-state index in [0.29, 0.717) is 6.17 Å². The van der Waals surface area contributed by atoms with E-state index in [0.717, 1.165) is 0 Å². The highest BCUT2D eigenvalue weighted by Gasteiger charge is 2.25. The largest absolute Gasteiger partial charge is 0.356 e. The lowest BCUT2D eigenvalue weighted by atomic mass is 10.0. The van der Waals surface area contributed by atoms with E-state index in [1.54, 1.807) is 0 Å². The number of hydrogen-bond donors (Lipinski definition) is 0. The van der Waals surface area contributed by atoms with Crippen molar-refractivity contribution in [3.05, 3.63) is 12.4 Å². The first-order chi connectivity index (χ1) is 28.8. The van der Waals surface area contributed by atoms with Crippen molar-refractivity contribution < 1.29 is 0 Å². The van der Waals surface area contributed by atoms with Crippen LogP contribution in [0.2, 0.25) is 0 Å². The van der Waals surface area contributed by atoms with Gasteiger partial charge in [-0.15, -0.1) is 0 Å². The zero-order valence-electron chi connectivity index (χ0n) is 41.0. The van der Waals surface area contributed by atoms with Crippen LogP contribution in [0, 0.1) is 0 Å². The third-order valence-corrected chi connectivity index (χ3v) is 13.8. The normalized spacial score (nSPS) is 14.2. The predicted molar refractivity (Wildman–Crippen MR) is 265 cm³/mol. The van der Waals surface area contributed by atoms with E-state index >= 15 is 0 Å². The van der Waals surface area contributed by atoms with Crippen LogP contribution in [0.4, 0.5) is 0 Å². The monoisotopic (exact) mass is 813 g/mol. The first-order valence-corrected chi connectivity index (χ1v) is 28.0. The maximum absolute atomic E-state index is 2.75. The Bertz CT molecular complexity index is 777. The molecule has 0 radical (unpaired) electrons. The van der Waals surface area contributed by atoms with Gasteiger partial charge in [0, 0.05) is 25.5 Å². The minimum Gasteiger partial charge on any atom is -0.356 e. The fourth-order valence-corrected chi connectivity index (χ4v) is 9.72. The molecule has 0 aliphatic carbocycles. The summed E-state index contributed by atoms with van der Waals surface area (Å²) in [6.07, 6.45) is 75.3. The summed E-state index contributed by atoms with van der Waals surface area (Å²) in [5.74, 6) is 0. The molecule has 2 heteroatoms. The Kier molecular flexibility index (Phi) is 45.2. The Hall–Kier alpha value is -0.660. The van der Waals surface area contributed by atoms with Crippen LogP contribution in [-0.4, -0.2) is 29.1 Å². The number of hydrogen-bond acceptors (Lipinski definition) is 2. The molecule has 0 spiro atoms. The van der Waals surface area contributed by atoms with E-state index < -0.39 is 0 Å². The zero-order valence-corrected chi connectivity index (χ0v) is 41.0. The highest BCUT2D eigenvalue weighted by Crippen LogP contribution is 2.25. The summed E-state index contributed by atoms with van der Waals surface area (Å²) in [4.78, 5) is 5.50. The van der Waals surface area contributed by atoms with Crippen LogP contribution in [0.5, 0.6) is 0 Å². The van der Waals surface area contributed by atoms with Gasteiger partial charge in [0.15, 0.2) is 0 Å². The quantitative estimate of drug-likeness (QED) is 0.0565. The van der Waals surface area contributed by atoms with E-state index in [2.05, 4.69) is 43.0 Å². The molecule has 0 aromatic rings. The van der Waals surface area contributed by atoms with Crippen LogP contribution in [0.3, 0.4) is 0 Å². The van der Waals surface area contributed by atoms with Crippen LogP contribution in [0.1, 0.15) is 329 Å². The second kappa shape index (κ2) is 47.4. The molecule has 0 N–H and O–H groups in total. The molecule has 0 saturated heterocycles. The maximum atomic E-state index is 2.75. The van der Waals surface area contributed by atoms with E-state index in [1.807, 2.05) is 0 Å². The number of nitrogens with zero attached hydrogens (tertiary/aromatic N) is 2. The molecule has 58 heavy (non-hydrogen) atoms. The summed E-state index contributed by atoms with van der Waals surface area (Å²) in [5, 5.41) is 0. The van der Waals surface area contributed by atoms with Gasteiger partial charge in [-0.05, 0) is 25.7 Å². The van der Waals surface area contributed by atoms with Gasteiger partial charge in [-0.25, -0.2) is 0 Å². The molecule has 1 unspecified atom stereocenters. The van der Waals surface area contributed by atoms with Crippen molar-refractivity contribution in [2.75, 3.05) is 13.1 Å². The van der Waals surface area contributed by atoms with Crippen LogP contribution >= 0.6 is 0 Å². The van der Waals surface area contributed by atoms with Gasteiger partial charge in [-0.1, -0.05) is 303 Å². The van der Waals surface area contributed by atoms with Gasteiger partial charge < -0.3 is 9.80 Å². The summed E-state index contributed by atoms with van der Waals surface area (Å²) >= 11 is 0. The van der Waals surface area contributed by atoms with Crippen molar-refractivity contribution in [1.82, 2.24) is 9.80 Å². The second-order valence-electron chi connectivity index (χ2n) is 19.6. The molecule has 0 aromatic carbocycles. The van der Waals surface area contributed by atoms with Crippen LogP contribution in [0.15, 0.2) is 12.4 Å². The Labute approximate surface area is 369 Å². The fourth-order valence-electron chi connectivity index (χ4n) is 9.72. The van der Waals surface area contributed by atoms with E-state index in [4.69, 9.17) is 0 Å². The summed E-state index contributed by atoms with van der Waals surface area (Å²) in [5.41, 5.74) is 0. The minimum absolute atomic E-state index is 0.634. The van der Waals surface area contributed by atoms with Gasteiger partial charge in [0.05, 0.1) is 0 Å². The smallest absolute Gasteiger partial charge is 0.101 e. The van der Waals surface area contributed by atoms with Crippen molar-refractivity contribution in [1.29, 1.82) is 0 Å². The molecule has 1 heterocycles. The van der Waals surface area contributed by atoms with Crippen molar-refractivity contribution in [2.24, 2.45) is 0 Å². The third-order valence-electron chi connectivity index (χ3n) is 13.8. The summed E-state index contributed by atoms with van der Waals surface area (Å²) < 4.78 is 0. The van der Waals surface area contributed by atoms with Crippen LogP contribution < -0.4 is 0 Å². The molecular weight excluding hydrogens is 701 g/mol. The SMILES string of the molecule is CCCCCCCCCCCCCCCCCCCC1N(CCCCCCCCCCCCCCCC)C=CN1CCCCCCCCCCCCCCCCCC. The molecule has 346 valence electrons. The minimum atomic E-state index is 0.634. The first-order valence-electron chi connectivity index (χ1n) is 28.0. The third kappa shape index (κ3) is 38.3. The standard InChI is InChI=1S/C56H112N2/c1-4-7-10-13-16-19-22-25-28-30-31-33-36-39-42-45-48-51-56-57(52-49-46-43-40-37-34-27-24-21-18-15-12-9-6-3)54-55-58(56)53-50-47-44-41-38-35-32-29-26-23-20-17-14-11-8-5-2/h54-56H,4-53H2,1-3H3. The lowest BCUT2D eigenvalue weighted by molar-refractivity contribution is 0.135. The zero-order chi connectivity index (χ0) is 41.5. The first kappa shape index (κ1) is 55.4. The molecule has 0 aromatic heterocycles. The topological polar surface area (TPSA) is 6.48 Å². The fraction of sp³-hybridized carbons (Fsp3) is 0.964. The molecule has 1 aliphatic heterocycles. The summed E-state index contributed by atoms with van der Waals surface area (Å²) in [7, 11) is 0. The summed E-state index contributed by atoms with van der Waals surface area (Å²) in [6.45, 7) is 9.50. The van der Waals surface area contributed by atoms with E-state index in [1.165, 1.54) is 321 Å². The van der Waals surface area contributed by atoms with Crippen molar-refractivity contribution in [3.63, 3.8) is 0 Å². The molecular formula is C56H112N2. The van der Waals surface area contributed by atoms with Crippen LogP contribution in [0.25, 0.3) is 0 Å². The van der Waals surface area contributed by atoms with Crippen molar-refractivity contribution in [2.45, 2.75) is 335 Å².